The summed E-state index contributed by atoms with van der Waals surface area (Å²) in [5.74, 6) is -2.11. The third kappa shape index (κ3) is 68.4. The van der Waals surface area contributed by atoms with Gasteiger partial charge in [0.25, 0.3) is 0 Å². The van der Waals surface area contributed by atoms with Crippen molar-refractivity contribution in [3.63, 3.8) is 0 Å². The van der Waals surface area contributed by atoms with Crippen LogP contribution in [0.5, 0.6) is 0 Å². The molecule has 93 heavy (non-hydrogen) atoms. The molecule has 0 rings (SSSR count). The lowest BCUT2D eigenvalue weighted by Crippen LogP contribution is -2.30. The SMILES string of the molecule is CCCCCCCCCCCCCCCCC(=O)O[C@H](COC(=O)CCCCCCCCCCCCCCC)COP(=O)(O)OC[C@@H](O)COP(=O)(O)OC[C@@H](COC(=O)CCCCCCCCCCCCCCC)OC(=O)CCCCCCCCCCCCCCC. The van der Waals surface area contributed by atoms with E-state index in [1.165, 1.54) is 225 Å². The van der Waals surface area contributed by atoms with E-state index in [0.29, 0.717) is 25.7 Å². The molecule has 0 saturated heterocycles. The van der Waals surface area contributed by atoms with Crippen molar-refractivity contribution in [1.82, 2.24) is 0 Å². The van der Waals surface area contributed by atoms with Crippen molar-refractivity contribution >= 4 is 39.5 Å². The minimum Gasteiger partial charge on any atom is -0.462 e. The van der Waals surface area contributed by atoms with Gasteiger partial charge in [-0.15, -0.1) is 0 Å². The molecule has 0 fully saturated rings. The number of aliphatic hydroxyl groups excluding tert-OH is 1. The summed E-state index contributed by atoms with van der Waals surface area (Å²) in [5, 5.41) is 10.6. The lowest BCUT2D eigenvalue weighted by molar-refractivity contribution is -0.161. The molecule has 0 heterocycles. The first-order valence-corrected chi connectivity index (χ1v) is 41.8. The van der Waals surface area contributed by atoms with E-state index < -0.39 is 97.5 Å². The number of hydrogen-bond donors (Lipinski definition) is 3. The average Bonchev–Trinajstić information content (AvgIpc) is 3.61. The van der Waals surface area contributed by atoms with Gasteiger partial charge in [0, 0.05) is 25.7 Å². The van der Waals surface area contributed by atoms with Crippen molar-refractivity contribution in [2.75, 3.05) is 39.6 Å². The van der Waals surface area contributed by atoms with E-state index >= 15 is 0 Å². The summed E-state index contributed by atoms with van der Waals surface area (Å²) < 4.78 is 68.5. The van der Waals surface area contributed by atoms with Gasteiger partial charge in [0.05, 0.1) is 26.4 Å². The number of esters is 4. The maximum Gasteiger partial charge on any atom is 0.472 e. The monoisotopic (exact) mass is 1370 g/mol. The van der Waals surface area contributed by atoms with Crippen LogP contribution < -0.4 is 0 Å². The molecular weight excluding hydrogens is 1220 g/mol. The van der Waals surface area contributed by atoms with Gasteiger partial charge in [-0.05, 0) is 25.7 Å². The Balaban J connectivity index is 5.26. The highest BCUT2D eigenvalue weighted by Gasteiger charge is 2.30. The minimum atomic E-state index is -4.95. The number of unbranched alkanes of at least 4 members (excludes halogenated alkanes) is 49. The fraction of sp³-hybridized carbons (Fsp3) is 0.946. The first kappa shape index (κ1) is 91.1. The fourth-order valence-electron chi connectivity index (χ4n) is 11.4. The number of hydrogen-bond acceptors (Lipinski definition) is 15. The number of aliphatic hydroxyl groups is 1. The third-order valence-electron chi connectivity index (χ3n) is 17.4. The van der Waals surface area contributed by atoms with E-state index in [1.54, 1.807) is 0 Å². The molecule has 3 N–H and O–H groups in total. The molecule has 0 spiro atoms. The molecule has 0 aromatic heterocycles. The molecule has 0 saturated carbocycles. The summed E-state index contributed by atoms with van der Waals surface area (Å²) in [7, 11) is -9.90. The molecule has 0 aromatic rings. The highest BCUT2D eigenvalue weighted by molar-refractivity contribution is 7.47. The maximum absolute atomic E-state index is 13.1. The number of carbonyl (C=O) groups is 4. The molecule has 19 heteroatoms. The predicted molar refractivity (Wildman–Crippen MR) is 377 cm³/mol. The van der Waals surface area contributed by atoms with Crippen LogP contribution in [0.25, 0.3) is 0 Å². The topological polar surface area (TPSA) is 237 Å². The number of carbonyl (C=O) groups excluding carboxylic acids is 4. The van der Waals surface area contributed by atoms with E-state index in [2.05, 4.69) is 27.7 Å². The first-order chi connectivity index (χ1) is 45.2. The Labute approximate surface area is 568 Å². The van der Waals surface area contributed by atoms with Crippen LogP contribution in [0.2, 0.25) is 0 Å². The Kier molecular flexibility index (Phi) is 67.1. The Morgan fingerprint density at radius 1 is 0.258 bits per heavy atom. The van der Waals surface area contributed by atoms with E-state index in [-0.39, 0.29) is 25.7 Å². The normalized spacial score (nSPS) is 13.9. The standard InChI is InChI=1S/C74H144O17P2/c1-5-9-13-17-21-25-29-33-37-41-45-49-53-57-61-74(79)91-70(65-85-72(77)59-55-51-47-43-39-35-31-27-23-19-15-11-7-3)67-89-93(82,83)87-63-68(75)62-86-92(80,81)88-66-69(90-73(78)60-56-52-48-44-40-36-32-28-24-20-16-12-8-4)64-84-71(76)58-54-50-46-42-38-34-30-26-22-18-14-10-6-2/h68-70,75H,5-67H2,1-4H3,(H,80,81)(H,82,83)/t68-,69+,70+/m0/s1. The van der Waals surface area contributed by atoms with Gasteiger partial charge in [0.2, 0.25) is 0 Å². The molecule has 0 aliphatic heterocycles. The van der Waals surface area contributed by atoms with Gasteiger partial charge < -0.3 is 33.8 Å². The highest BCUT2D eigenvalue weighted by Crippen LogP contribution is 2.45. The van der Waals surface area contributed by atoms with Crippen molar-refractivity contribution in [3.05, 3.63) is 0 Å². The van der Waals surface area contributed by atoms with Crippen LogP contribution >= 0.6 is 15.6 Å². The van der Waals surface area contributed by atoms with Crippen molar-refractivity contribution < 1.29 is 80.2 Å². The first-order valence-electron chi connectivity index (χ1n) is 38.8. The molecule has 5 atom stereocenters. The lowest BCUT2D eigenvalue weighted by atomic mass is 10.0. The number of ether oxygens (including phenoxy) is 4. The van der Waals surface area contributed by atoms with Crippen LogP contribution in [0.15, 0.2) is 0 Å². The Morgan fingerprint density at radius 3 is 0.634 bits per heavy atom. The summed E-state index contributed by atoms with van der Waals surface area (Å²) in [6.07, 6.45) is 57.9. The van der Waals surface area contributed by atoms with Gasteiger partial charge in [0.15, 0.2) is 12.2 Å². The van der Waals surface area contributed by atoms with Crippen molar-refractivity contribution in [2.24, 2.45) is 0 Å². The largest absolute Gasteiger partial charge is 0.472 e. The molecule has 0 radical (unpaired) electrons. The van der Waals surface area contributed by atoms with E-state index in [1.807, 2.05) is 0 Å². The predicted octanol–water partition coefficient (Wildman–Crippen LogP) is 21.8. The number of rotatable bonds is 75. The molecule has 17 nitrogen and oxygen atoms in total. The van der Waals surface area contributed by atoms with Crippen LogP contribution in [0.4, 0.5) is 0 Å². The third-order valence-corrected chi connectivity index (χ3v) is 19.3. The van der Waals surface area contributed by atoms with Crippen LogP contribution in [0.3, 0.4) is 0 Å². The van der Waals surface area contributed by atoms with E-state index in [4.69, 9.17) is 37.0 Å². The average molecular weight is 1370 g/mol. The van der Waals surface area contributed by atoms with E-state index in [9.17, 15) is 43.2 Å². The zero-order valence-corrected chi connectivity index (χ0v) is 62.0. The quantitative estimate of drug-likeness (QED) is 0.0222. The van der Waals surface area contributed by atoms with Gasteiger partial charge in [-0.2, -0.15) is 0 Å². The summed E-state index contributed by atoms with van der Waals surface area (Å²) in [6.45, 7) is 4.99. The number of phosphoric acid groups is 2. The van der Waals surface area contributed by atoms with Gasteiger partial charge in [-0.1, -0.05) is 342 Å². The lowest BCUT2D eigenvalue weighted by Gasteiger charge is -2.21. The molecule has 0 aromatic carbocycles. The summed E-state index contributed by atoms with van der Waals surface area (Å²) in [5.41, 5.74) is 0. The zero-order chi connectivity index (χ0) is 68.2. The summed E-state index contributed by atoms with van der Waals surface area (Å²) >= 11 is 0. The smallest absolute Gasteiger partial charge is 0.462 e. The van der Waals surface area contributed by atoms with Gasteiger partial charge in [0.1, 0.15) is 19.3 Å². The van der Waals surface area contributed by atoms with Crippen LogP contribution in [0.1, 0.15) is 394 Å². The van der Waals surface area contributed by atoms with Crippen molar-refractivity contribution in [3.8, 4) is 0 Å². The van der Waals surface area contributed by atoms with Gasteiger partial charge in [-0.3, -0.25) is 37.3 Å². The highest BCUT2D eigenvalue weighted by atomic mass is 31.2. The fourth-order valence-corrected chi connectivity index (χ4v) is 13.0. The molecule has 0 amide bonds. The van der Waals surface area contributed by atoms with Gasteiger partial charge in [-0.25, -0.2) is 9.13 Å². The molecule has 0 aliphatic carbocycles. The van der Waals surface area contributed by atoms with E-state index in [0.717, 1.165) is 89.9 Å². The van der Waals surface area contributed by atoms with Crippen molar-refractivity contribution in [2.45, 2.75) is 412 Å². The molecule has 2 unspecified atom stereocenters. The summed E-state index contributed by atoms with van der Waals surface area (Å²) in [4.78, 5) is 72.8. The summed E-state index contributed by atoms with van der Waals surface area (Å²) in [6, 6.07) is 0. The Morgan fingerprint density at radius 2 is 0.430 bits per heavy atom. The molecular formula is C74H144O17P2. The second-order valence-electron chi connectivity index (χ2n) is 26.7. The van der Waals surface area contributed by atoms with Gasteiger partial charge >= 0.3 is 39.5 Å². The second-order valence-corrected chi connectivity index (χ2v) is 29.6. The molecule has 0 bridgehead atoms. The molecule has 0 aliphatic rings. The molecule has 552 valence electrons. The zero-order valence-electron chi connectivity index (χ0n) is 60.2. The Hall–Kier alpha value is -1.94. The van der Waals surface area contributed by atoms with Crippen LogP contribution in [-0.2, 0) is 65.4 Å². The second kappa shape index (κ2) is 68.6. The number of phosphoric ester groups is 2. The van der Waals surface area contributed by atoms with Crippen LogP contribution in [0, 0.1) is 0 Å². The maximum atomic E-state index is 13.1. The minimum absolute atomic E-state index is 0.109. The van der Waals surface area contributed by atoms with Crippen molar-refractivity contribution in [1.29, 1.82) is 0 Å². The van der Waals surface area contributed by atoms with Crippen LogP contribution in [-0.4, -0.2) is 96.7 Å². The Bertz CT molecular complexity index is 1770.